The first-order valence-electron chi connectivity index (χ1n) is 6.15. The fourth-order valence-electron chi connectivity index (χ4n) is 1.81. The lowest BCUT2D eigenvalue weighted by Gasteiger charge is -2.08. The van der Waals surface area contributed by atoms with Crippen molar-refractivity contribution in [2.75, 3.05) is 4.72 Å². The van der Waals surface area contributed by atoms with Crippen LogP contribution in [0.4, 0.5) is 11.5 Å². The van der Waals surface area contributed by atoms with Gasteiger partial charge in [0.15, 0.2) is 0 Å². The van der Waals surface area contributed by atoms with Gasteiger partial charge in [-0.3, -0.25) is 19.9 Å². The van der Waals surface area contributed by atoms with Gasteiger partial charge in [0.05, 0.1) is 16.0 Å². The maximum absolute atomic E-state index is 12.3. The summed E-state index contributed by atoms with van der Waals surface area (Å²) in [5, 5.41) is 17.2. The van der Waals surface area contributed by atoms with Crippen LogP contribution in [0, 0.1) is 17.0 Å². The lowest BCUT2D eigenvalue weighted by molar-refractivity contribution is -0.385. The van der Waals surface area contributed by atoms with Crippen LogP contribution in [0.15, 0.2) is 29.3 Å². The highest BCUT2D eigenvalue weighted by molar-refractivity contribution is 7.92. The van der Waals surface area contributed by atoms with Gasteiger partial charge in [-0.05, 0) is 19.4 Å². The molecule has 0 amide bonds. The largest absolute Gasteiger partial charge is 0.273 e. The Hall–Kier alpha value is -2.42. The predicted octanol–water partition coefficient (Wildman–Crippen LogP) is 1.99. The van der Waals surface area contributed by atoms with Gasteiger partial charge in [0.25, 0.3) is 15.7 Å². The van der Waals surface area contributed by atoms with E-state index < -0.39 is 14.9 Å². The maximum Gasteiger partial charge on any atom is 0.273 e. The van der Waals surface area contributed by atoms with E-state index in [4.69, 9.17) is 0 Å². The number of hydrogen-bond donors (Lipinski definition) is 2. The Morgan fingerprint density at radius 2 is 2.14 bits per heavy atom. The second kappa shape index (κ2) is 5.52. The van der Waals surface area contributed by atoms with Crippen LogP contribution in [-0.2, 0) is 16.4 Å². The minimum absolute atomic E-state index is 0.170. The molecule has 0 aliphatic rings. The summed E-state index contributed by atoms with van der Waals surface area (Å²) in [6.07, 6.45) is 2.12. The number of hydrogen-bond acceptors (Lipinski definition) is 5. The van der Waals surface area contributed by atoms with Crippen LogP contribution in [0.3, 0.4) is 0 Å². The highest BCUT2D eigenvalue weighted by atomic mass is 32.2. The molecule has 0 bridgehead atoms. The molecule has 0 unspecified atom stereocenters. The Bertz CT molecular complexity index is 782. The lowest BCUT2D eigenvalue weighted by atomic mass is 10.2. The summed E-state index contributed by atoms with van der Waals surface area (Å²) >= 11 is 0. The number of nitrogens with one attached hydrogen (secondary N) is 2. The number of aromatic amines is 1. The van der Waals surface area contributed by atoms with Crippen molar-refractivity contribution in [2.24, 2.45) is 0 Å². The highest BCUT2D eigenvalue weighted by Crippen LogP contribution is 2.24. The third kappa shape index (κ3) is 3.02. The van der Waals surface area contributed by atoms with E-state index in [1.54, 1.807) is 6.92 Å². The zero-order chi connectivity index (χ0) is 15.6. The summed E-state index contributed by atoms with van der Waals surface area (Å²) in [5.74, 6) is 0.265. The van der Waals surface area contributed by atoms with Crippen molar-refractivity contribution in [3.05, 3.63) is 45.6 Å². The van der Waals surface area contributed by atoms with Crippen LogP contribution in [0.1, 0.15) is 18.1 Å². The van der Waals surface area contributed by atoms with E-state index in [2.05, 4.69) is 14.9 Å². The standard InChI is InChI=1S/C12H14N4O4S/c1-3-9-7-13-14-12(9)15-21(19,20)10-5-4-8(2)11(6-10)16(17)18/h4-7H,3H2,1-2H3,(H2,13,14,15). The molecule has 2 aromatic rings. The summed E-state index contributed by atoms with van der Waals surface area (Å²) < 4.78 is 26.9. The van der Waals surface area contributed by atoms with E-state index >= 15 is 0 Å². The molecule has 8 nitrogen and oxygen atoms in total. The fourth-order valence-corrected chi connectivity index (χ4v) is 2.89. The summed E-state index contributed by atoms with van der Waals surface area (Å²) in [6.45, 7) is 3.41. The number of nitro benzene ring substituents is 1. The number of aryl methyl sites for hydroxylation is 2. The first-order valence-corrected chi connectivity index (χ1v) is 7.63. The van der Waals surface area contributed by atoms with E-state index in [9.17, 15) is 18.5 Å². The minimum atomic E-state index is -3.91. The van der Waals surface area contributed by atoms with Crippen molar-refractivity contribution < 1.29 is 13.3 Å². The molecule has 1 heterocycles. The Balaban J connectivity index is 2.40. The number of nitro groups is 1. The molecule has 9 heteroatoms. The van der Waals surface area contributed by atoms with Gasteiger partial charge in [-0.15, -0.1) is 0 Å². The first-order chi connectivity index (χ1) is 9.85. The van der Waals surface area contributed by atoms with Crippen molar-refractivity contribution in [3.8, 4) is 0 Å². The number of nitrogens with zero attached hydrogens (tertiary/aromatic N) is 2. The predicted molar refractivity (Wildman–Crippen MR) is 76.6 cm³/mol. The molecule has 1 aromatic carbocycles. The Morgan fingerprint density at radius 3 is 2.76 bits per heavy atom. The van der Waals surface area contributed by atoms with Gasteiger partial charge in [-0.1, -0.05) is 13.0 Å². The van der Waals surface area contributed by atoms with Crippen molar-refractivity contribution >= 4 is 21.5 Å². The molecule has 112 valence electrons. The quantitative estimate of drug-likeness (QED) is 0.646. The van der Waals surface area contributed by atoms with Crippen LogP contribution in [0.2, 0.25) is 0 Å². The van der Waals surface area contributed by atoms with Gasteiger partial charge in [0.1, 0.15) is 5.82 Å². The average Bonchev–Trinajstić information content (AvgIpc) is 2.85. The molecule has 0 spiro atoms. The zero-order valence-electron chi connectivity index (χ0n) is 11.5. The van der Waals surface area contributed by atoms with Gasteiger partial charge in [0, 0.05) is 17.2 Å². The monoisotopic (exact) mass is 310 g/mol. The van der Waals surface area contributed by atoms with E-state index in [0.717, 1.165) is 6.07 Å². The molecule has 0 radical (unpaired) electrons. The van der Waals surface area contributed by atoms with Gasteiger partial charge in [-0.2, -0.15) is 5.10 Å². The number of aromatic nitrogens is 2. The number of sulfonamides is 1. The Morgan fingerprint density at radius 1 is 1.43 bits per heavy atom. The van der Waals surface area contributed by atoms with Gasteiger partial charge in [-0.25, -0.2) is 8.42 Å². The van der Waals surface area contributed by atoms with Crippen molar-refractivity contribution in [1.29, 1.82) is 0 Å². The molecule has 0 atom stereocenters. The van der Waals surface area contributed by atoms with E-state index in [1.807, 2.05) is 6.92 Å². The molecule has 0 saturated carbocycles. The summed E-state index contributed by atoms with van der Waals surface area (Å²) in [6, 6.07) is 3.77. The first kappa shape index (κ1) is 15.0. The number of H-pyrrole nitrogens is 1. The van der Waals surface area contributed by atoms with Crippen molar-refractivity contribution in [3.63, 3.8) is 0 Å². The lowest BCUT2D eigenvalue weighted by Crippen LogP contribution is -2.14. The maximum atomic E-state index is 12.3. The van der Waals surface area contributed by atoms with Crippen molar-refractivity contribution in [1.82, 2.24) is 10.2 Å². The number of rotatable bonds is 5. The highest BCUT2D eigenvalue weighted by Gasteiger charge is 2.21. The van der Waals surface area contributed by atoms with Crippen LogP contribution in [0.5, 0.6) is 0 Å². The van der Waals surface area contributed by atoms with E-state index in [-0.39, 0.29) is 16.4 Å². The van der Waals surface area contributed by atoms with Crippen molar-refractivity contribution in [2.45, 2.75) is 25.2 Å². The van der Waals surface area contributed by atoms with Gasteiger partial charge in [0.2, 0.25) is 0 Å². The van der Waals surface area contributed by atoms with Crippen LogP contribution >= 0.6 is 0 Å². The van der Waals surface area contributed by atoms with Gasteiger partial charge >= 0.3 is 0 Å². The minimum Gasteiger partial charge on any atom is -0.263 e. The van der Waals surface area contributed by atoms with Crippen LogP contribution < -0.4 is 4.72 Å². The van der Waals surface area contributed by atoms with E-state index in [0.29, 0.717) is 17.5 Å². The van der Waals surface area contributed by atoms with Crippen LogP contribution in [-0.4, -0.2) is 23.5 Å². The second-order valence-corrected chi connectivity index (χ2v) is 6.12. The SMILES string of the molecule is CCc1cn[nH]c1NS(=O)(=O)c1ccc(C)c([N+](=O)[O-])c1. The second-order valence-electron chi connectivity index (χ2n) is 4.43. The molecule has 21 heavy (non-hydrogen) atoms. The zero-order valence-corrected chi connectivity index (χ0v) is 12.3. The number of anilines is 1. The third-order valence-electron chi connectivity index (χ3n) is 3.02. The molecule has 0 aliphatic heterocycles. The Labute approximate surface area is 121 Å². The summed E-state index contributed by atoms with van der Waals surface area (Å²) in [7, 11) is -3.91. The van der Waals surface area contributed by atoms with Gasteiger partial charge < -0.3 is 0 Å². The fraction of sp³-hybridized carbons (Fsp3) is 0.250. The molecular weight excluding hydrogens is 296 g/mol. The molecule has 2 rings (SSSR count). The molecule has 2 N–H and O–H groups in total. The molecular formula is C12H14N4O4S. The normalized spacial score (nSPS) is 11.3. The molecule has 1 aromatic heterocycles. The Kier molecular flexibility index (Phi) is 3.94. The topological polar surface area (TPSA) is 118 Å². The molecule has 0 fully saturated rings. The number of benzene rings is 1. The smallest absolute Gasteiger partial charge is 0.263 e. The molecule has 0 saturated heterocycles. The molecule has 0 aliphatic carbocycles. The summed E-state index contributed by atoms with van der Waals surface area (Å²) in [5.41, 5.74) is 0.869. The summed E-state index contributed by atoms with van der Waals surface area (Å²) in [4.78, 5) is 10.1. The van der Waals surface area contributed by atoms with E-state index in [1.165, 1.54) is 18.3 Å². The third-order valence-corrected chi connectivity index (χ3v) is 4.37. The van der Waals surface area contributed by atoms with Crippen LogP contribution in [0.25, 0.3) is 0 Å². The average molecular weight is 310 g/mol.